The predicted molar refractivity (Wildman–Crippen MR) is 78.6 cm³/mol. The summed E-state index contributed by atoms with van der Waals surface area (Å²) >= 11 is 1.40. The van der Waals surface area contributed by atoms with Crippen LogP contribution in [0.4, 0.5) is 0 Å². The zero-order chi connectivity index (χ0) is 14.5. The third-order valence-corrected chi connectivity index (χ3v) is 3.95. The molecule has 5 heteroatoms. The SMILES string of the molecule is CCOC(=O)c1sc(Cc2ccc(OC)cc2)nc1C. The first kappa shape index (κ1) is 14.5. The average Bonchev–Trinajstić information content (AvgIpc) is 2.81. The van der Waals surface area contributed by atoms with Crippen LogP contribution < -0.4 is 4.74 Å². The van der Waals surface area contributed by atoms with Gasteiger partial charge in [-0.2, -0.15) is 0 Å². The van der Waals surface area contributed by atoms with Gasteiger partial charge in [0.05, 0.1) is 24.4 Å². The maximum Gasteiger partial charge on any atom is 0.350 e. The molecule has 106 valence electrons. The van der Waals surface area contributed by atoms with Crippen molar-refractivity contribution in [2.24, 2.45) is 0 Å². The molecule has 0 aliphatic heterocycles. The van der Waals surface area contributed by atoms with Crippen molar-refractivity contribution >= 4 is 17.3 Å². The quantitative estimate of drug-likeness (QED) is 0.794. The fourth-order valence-corrected chi connectivity index (χ4v) is 2.82. The Morgan fingerprint density at radius 1 is 1.30 bits per heavy atom. The van der Waals surface area contributed by atoms with Crippen molar-refractivity contribution in [3.8, 4) is 5.75 Å². The Kier molecular flexibility index (Phi) is 4.74. The zero-order valence-corrected chi connectivity index (χ0v) is 12.6. The minimum atomic E-state index is -0.288. The molecule has 0 saturated heterocycles. The summed E-state index contributed by atoms with van der Waals surface area (Å²) in [5.41, 5.74) is 1.87. The number of ether oxygens (including phenoxy) is 2. The largest absolute Gasteiger partial charge is 0.497 e. The number of methoxy groups -OCH3 is 1. The summed E-state index contributed by atoms with van der Waals surface area (Å²) in [6, 6.07) is 7.84. The first-order valence-electron chi connectivity index (χ1n) is 6.40. The van der Waals surface area contributed by atoms with Crippen LogP contribution in [0.1, 0.15) is 32.9 Å². The molecule has 1 heterocycles. The minimum absolute atomic E-state index is 0.288. The van der Waals surface area contributed by atoms with Crippen molar-refractivity contribution in [3.05, 3.63) is 45.4 Å². The number of carbonyl (C=O) groups excluding carboxylic acids is 1. The molecule has 0 radical (unpaired) electrons. The Morgan fingerprint density at radius 3 is 2.60 bits per heavy atom. The molecule has 0 aliphatic rings. The van der Waals surface area contributed by atoms with E-state index in [1.807, 2.05) is 31.2 Å². The first-order valence-corrected chi connectivity index (χ1v) is 7.22. The average molecular weight is 291 g/mol. The standard InChI is InChI=1S/C15H17NO3S/c1-4-19-15(17)14-10(2)16-13(20-14)9-11-5-7-12(18-3)8-6-11/h5-8H,4,9H2,1-3H3. The van der Waals surface area contributed by atoms with Gasteiger partial charge in [0.25, 0.3) is 0 Å². The maximum absolute atomic E-state index is 11.7. The highest BCUT2D eigenvalue weighted by Gasteiger charge is 2.16. The number of aromatic nitrogens is 1. The van der Waals surface area contributed by atoms with Crippen molar-refractivity contribution in [1.82, 2.24) is 4.98 Å². The van der Waals surface area contributed by atoms with Gasteiger partial charge in [0.15, 0.2) is 0 Å². The van der Waals surface area contributed by atoms with Gasteiger partial charge in [-0.25, -0.2) is 9.78 Å². The molecule has 4 nitrogen and oxygen atoms in total. The van der Waals surface area contributed by atoms with Crippen molar-refractivity contribution in [3.63, 3.8) is 0 Å². The third-order valence-electron chi connectivity index (χ3n) is 2.82. The van der Waals surface area contributed by atoms with Crippen LogP contribution in [0.5, 0.6) is 5.75 Å². The summed E-state index contributed by atoms with van der Waals surface area (Å²) in [5.74, 6) is 0.541. The maximum atomic E-state index is 11.7. The van der Waals surface area contributed by atoms with Crippen LogP contribution in [-0.2, 0) is 11.2 Å². The van der Waals surface area contributed by atoms with E-state index < -0.39 is 0 Å². The van der Waals surface area contributed by atoms with Crippen LogP contribution in [0.15, 0.2) is 24.3 Å². The number of aryl methyl sites for hydroxylation is 1. The molecule has 0 N–H and O–H groups in total. The van der Waals surface area contributed by atoms with Crippen molar-refractivity contribution in [2.75, 3.05) is 13.7 Å². The highest BCUT2D eigenvalue weighted by atomic mass is 32.1. The highest BCUT2D eigenvalue weighted by molar-refractivity contribution is 7.13. The molecule has 1 aromatic heterocycles. The Balaban J connectivity index is 2.13. The van der Waals surface area contributed by atoms with Crippen LogP contribution in [-0.4, -0.2) is 24.7 Å². The monoisotopic (exact) mass is 291 g/mol. The zero-order valence-electron chi connectivity index (χ0n) is 11.8. The van der Waals surface area contributed by atoms with E-state index in [0.29, 0.717) is 17.9 Å². The number of thiazole rings is 1. The fourth-order valence-electron chi connectivity index (χ4n) is 1.83. The second-order valence-electron chi connectivity index (χ2n) is 4.27. The van der Waals surface area contributed by atoms with Crippen LogP contribution >= 0.6 is 11.3 Å². The highest BCUT2D eigenvalue weighted by Crippen LogP contribution is 2.22. The van der Waals surface area contributed by atoms with Crippen molar-refractivity contribution in [1.29, 1.82) is 0 Å². The Bertz CT molecular complexity index is 590. The minimum Gasteiger partial charge on any atom is -0.497 e. The van der Waals surface area contributed by atoms with E-state index in [9.17, 15) is 4.79 Å². The number of benzene rings is 1. The molecular formula is C15H17NO3S. The molecule has 0 atom stereocenters. The van der Waals surface area contributed by atoms with E-state index in [4.69, 9.17) is 9.47 Å². The van der Waals surface area contributed by atoms with Gasteiger partial charge in [-0.15, -0.1) is 11.3 Å². The molecule has 0 fully saturated rings. The lowest BCUT2D eigenvalue weighted by Gasteiger charge is -2.01. The third kappa shape index (κ3) is 3.36. The topological polar surface area (TPSA) is 48.4 Å². The predicted octanol–water partition coefficient (Wildman–Crippen LogP) is 3.23. The van der Waals surface area contributed by atoms with Gasteiger partial charge >= 0.3 is 5.97 Å². The van der Waals surface area contributed by atoms with Crippen molar-refractivity contribution in [2.45, 2.75) is 20.3 Å². The van der Waals surface area contributed by atoms with Crippen LogP contribution in [0.3, 0.4) is 0 Å². The number of carbonyl (C=O) groups is 1. The van der Waals surface area contributed by atoms with E-state index in [-0.39, 0.29) is 5.97 Å². The lowest BCUT2D eigenvalue weighted by atomic mass is 10.1. The molecule has 0 unspecified atom stereocenters. The van der Waals surface area contributed by atoms with E-state index in [1.54, 1.807) is 14.0 Å². The van der Waals surface area contributed by atoms with Gasteiger partial charge < -0.3 is 9.47 Å². The summed E-state index contributed by atoms with van der Waals surface area (Å²) in [6.45, 7) is 4.01. The van der Waals surface area contributed by atoms with Crippen LogP contribution in [0.25, 0.3) is 0 Å². The van der Waals surface area contributed by atoms with Gasteiger partial charge in [-0.3, -0.25) is 0 Å². The van der Waals surface area contributed by atoms with Gasteiger partial charge in [0.2, 0.25) is 0 Å². The Morgan fingerprint density at radius 2 is 2.00 bits per heavy atom. The van der Waals surface area contributed by atoms with E-state index >= 15 is 0 Å². The number of rotatable bonds is 5. The molecule has 0 saturated carbocycles. The second kappa shape index (κ2) is 6.52. The van der Waals surface area contributed by atoms with Gasteiger partial charge in [-0.05, 0) is 31.5 Å². The van der Waals surface area contributed by atoms with Crippen LogP contribution in [0, 0.1) is 6.92 Å². The van der Waals surface area contributed by atoms with E-state index in [2.05, 4.69) is 4.98 Å². The summed E-state index contributed by atoms with van der Waals surface area (Å²) in [7, 11) is 1.64. The lowest BCUT2D eigenvalue weighted by molar-refractivity contribution is 0.0531. The van der Waals surface area contributed by atoms with Gasteiger partial charge in [0, 0.05) is 6.42 Å². The normalized spacial score (nSPS) is 10.3. The number of nitrogens with zero attached hydrogens (tertiary/aromatic N) is 1. The molecule has 1 aromatic carbocycles. The number of hydrogen-bond donors (Lipinski definition) is 0. The molecule has 0 aliphatic carbocycles. The first-order chi connectivity index (χ1) is 9.63. The molecule has 0 spiro atoms. The summed E-state index contributed by atoms with van der Waals surface area (Å²) in [4.78, 5) is 16.8. The Labute approximate surface area is 122 Å². The smallest absolute Gasteiger partial charge is 0.350 e. The van der Waals surface area contributed by atoms with Crippen molar-refractivity contribution < 1.29 is 14.3 Å². The van der Waals surface area contributed by atoms with E-state index in [1.165, 1.54) is 11.3 Å². The van der Waals surface area contributed by atoms with Crippen LogP contribution in [0.2, 0.25) is 0 Å². The molecule has 2 rings (SSSR count). The number of esters is 1. The second-order valence-corrected chi connectivity index (χ2v) is 5.35. The molecule has 0 bridgehead atoms. The molecule has 2 aromatic rings. The lowest BCUT2D eigenvalue weighted by Crippen LogP contribution is -2.03. The number of hydrogen-bond acceptors (Lipinski definition) is 5. The van der Waals surface area contributed by atoms with Gasteiger partial charge in [0.1, 0.15) is 10.6 Å². The van der Waals surface area contributed by atoms with E-state index in [0.717, 1.165) is 22.0 Å². The fraction of sp³-hybridized carbons (Fsp3) is 0.333. The van der Waals surface area contributed by atoms with Gasteiger partial charge in [-0.1, -0.05) is 12.1 Å². The summed E-state index contributed by atoms with van der Waals surface area (Å²) in [5, 5.41) is 0.913. The molecular weight excluding hydrogens is 274 g/mol. The molecule has 20 heavy (non-hydrogen) atoms. The summed E-state index contributed by atoms with van der Waals surface area (Å²) < 4.78 is 10.1. The molecule has 0 amide bonds. The Hall–Kier alpha value is -1.88. The summed E-state index contributed by atoms with van der Waals surface area (Å²) in [6.07, 6.45) is 0.703.